The zero-order chi connectivity index (χ0) is 14.7. The molecule has 0 heterocycles. The van der Waals surface area contributed by atoms with Crippen LogP contribution in [0.15, 0.2) is 45.8 Å². The van der Waals surface area contributed by atoms with Crippen molar-refractivity contribution in [3.05, 3.63) is 63.6 Å². The van der Waals surface area contributed by atoms with Gasteiger partial charge < -0.3 is 5.11 Å². The maximum Gasteiger partial charge on any atom is 0.335 e. The van der Waals surface area contributed by atoms with E-state index in [1.807, 2.05) is 0 Å². The Kier molecular flexibility index (Phi) is 4.77. The van der Waals surface area contributed by atoms with Crippen LogP contribution in [0, 0.1) is 11.6 Å². The zero-order valence-corrected chi connectivity index (χ0v) is 12.5. The molecular formula is C14H9BrF2O2S. The molecule has 0 aliphatic carbocycles. The van der Waals surface area contributed by atoms with Crippen molar-refractivity contribution in [2.75, 3.05) is 0 Å². The SMILES string of the molecule is O=C(O)c1ccc(CSc2ccc(F)cc2F)c(Br)c1. The Morgan fingerprint density at radius 1 is 1.20 bits per heavy atom. The fourth-order valence-electron chi connectivity index (χ4n) is 1.55. The molecule has 1 N–H and O–H groups in total. The predicted molar refractivity (Wildman–Crippen MR) is 77.0 cm³/mol. The maximum atomic E-state index is 13.5. The van der Waals surface area contributed by atoms with Crippen molar-refractivity contribution in [1.82, 2.24) is 0 Å². The number of aromatic carboxylic acids is 1. The Hall–Kier alpha value is -1.40. The Bertz CT molecular complexity index is 662. The number of rotatable bonds is 4. The largest absolute Gasteiger partial charge is 0.478 e. The summed E-state index contributed by atoms with van der Waals surface area (Å²) in [4.78, 5) is 11.2. The highest BCUT2D eigenvalue weighted by Gasteiger charge is 2.09. The summed E-state index contributed by atoms with van der Waals surface area (Å²) in [6, 6.07) is 8.08. The van der Waals surface area contributed by atoms with Crippen LogP contribution in [-0.4, -0.2) is 11.1 Å². The standard InChI is InChI=1S/C14H9BrF2O2S/c15-11-5-8(14(18)19)1-2-9(11)7-20-13-4-3-10(16)6-12(13)17/h1-6H,7H2,(H,18,19). The van der Waals surface area contributed by atoms with Gasteiger partial charge in [-0.2, -0.15) is 0 Å². The highest BCUT2D eigenvalue weighted by atomic mass is 79.9. The minimum atomic E-state index is -1.01. The molecule has 0 aromatic heterocycles. The molecule has 2 nitrogen and oxygen atoms in total. The monoisotopic (exact) mass is 358 g/mol. The minimum absolute atomic E-state index is 0.179. The molecule has 6 heteroatoms. The van der Waals surface area contributed by atoms with Gasteiger partial charge >= 0.3 is 5.97 Å². The molecule has 0 atom stereocenters. The van der Waals surface area contributed by atoms with Crippen molar-refractivity contribution in [2.45, 2.75) is 10.6 Å². The maximum absolute atomic E-state index is 13.5. The Labute approximate surface area is 126 Å². The van der Waals surface area contributed by atoms with E-state index < -0.39 is 17.6 Å². The van der Waals surface area contributed by atoms with Crippen molar-refractivity contribution >= 4 is 33.7 Å². The second-order valence-corrected chi connectivity index (χ2v) is 5.85. The van der Waals surface area contributed by atoms with Crippen LogP contribution in [0.3, 0.4) is 0 Å². The summed E-state index contributed by atoms with van der Waals surface area (Å²) < 4.78 is 26.9. The third kappa shape index (κ3) is 3.58. The van der Waals surface area contributed by atoms with Gasteiger partial charge in [-0.1, -0.05) is 22.0 Å². The molecular weight excluding hydrogens is 350 g/mol. The van der Waals surface area contributed by atoms with Gasteiger partial charge in [0.25, 0.3) is 0 Å². The number of carboxylic acids is 1. The second kappa shape index (κ2) is 6.37. The summed E-state index contributed by atoms with van der Waals surface area (Å²) in [6.45, 7) is 0. The third-order valence-electron chi connectivity index (χ3n) is 2.58. The van der Waals surface area contributed by atoms with Gasteiger partial charge in [0.2, 0.25) is 0 Å². The summed E-state index contributed by atoms with van der Waals surface area (Å²) >= 11 is 4.51. The first-order valence-electron chi connectivity index (χ1n) is 5.57. The minimum Gasteiger partial charge on any atom is -0.478 e. The lowest BCUT2D eigenvalue weighted by molar-refractivity contribution is 0.0697. The number of thioether (sulfide) groups is 1. The van der Waals surface area contributed by atoms with Crippen LogP contribution in [-0.2, 0) is 5.75 Å². The zero-order valence-electron chi connectivity index (χ0n) is 10.1. The number of hydrogen-bond donors (Lipinski definition) is 1. The second-order valence-electron chi connectivity index (χ2n) is 3.97. The summed E-state index contributed by atoms with van der Waals surface area (Å²) in [5.74, 6) is -1.77. The van der Waals surface area contributed by atoms with Gasteiger partial charge in [0.1, 0.15) is 11.6 Å². The molecule has 20 heavy (non-hydrogen) atoms. The average molecular weight is 359 g/mol. The van der Waals surface area contributed by atoms with E-state index in [0.29, 0.717) is 15.1 Å². The van der Waals surface area contributed by atoms with Gasteiger partial charge in [0, 0.05) is 21.2 Å². The number of carboxylic acid groups (broad SMARTS) is 1. The summed E-state index contributed by atoms with van der Waals surface area (Å²) in [5.41, 5.74) is 1.02. The molecule has 0 aliphatic rings. The highest BCUT2D eigenvalue weighted by Crippen LogP contribution is 2.29. The lowest BCUT2D eigenvalue weighted by Gasteiger charge is -2.06. The van der Waals surface area contributed by atoms with E-state index in [0.717, 1.165) is 11.6 Å². The molecule has 0 radical (unpaired) electrons. The smallest absolute Gasteiger partial charge is 0.335 e. The van der Waals surface area contributed by atoms with Crippen molar-refractivity contribution < 1.29 is 18.7 Å². The first kappa shape index (κ1) is 15.0. The molecule has 2 aromatic rings. The van der Waals surface area contributed by atoms with Crippen LogP contribution in [0.5, 0.6) is 0 Å². The van der Waals surface area contributed by atoms with Crippen molar-refractivity contribution in [3.63, 3.8) is 0 Å². The first-order chi connectivity index (χ1) is 9.47. The Morgan fingerprint density at radius 2 is 1.95 bits per heavy atom. The fourth-order valence-corrected chi connectivity index (χ4v) is 3.17. The van der Waals surface area contributed by atoms with Crippen LogP contribution in [0.2, 0.25) is 0 Å². The molecule has 0 spiro atoms. The van der Waals surface area contributed by atoms with Crippen LogP contribution >= 0.6 is 27.7 Å². The molecule has 0 saturated carbocycles. The quantitative estimate of drug-likeness (QED) is 0.803. The molecule has 0 unspecified atom stereocenters. The normalized spacial score (nSPS) is 10.6. The van der Waals surface area contributed by atoms with Crippen molar-refractivity contribution in [2.24, 2.45) is 0 Å². The Morgan fingerprint density at radius 3 is 2.55 bits per heavy atom. The molecule has 0 amide bonds. The average Bonchev–Trinajstić information content (AvgIpc) is 2.38. The van der Waals surface area contributed by atoms with Gasteiger partial charge in [0.15, 0.2) is 0 Å². The lowest BCUT2D eigenvalue weighted by Crippen LogP contribution is -1.97. The summed E-state index contributed by atoms with van der Waals surface area (Å²) in [7, 11) is 0. The van der Waals surface area contributed by atoms with Gasteiger partial charge in [-0.15, -0.1) is 11.8 Å². The van der Waals surface area contributed by atoms with E-state index >= 15 is 0 Å². The number of carbonyl (C=O) groups is 1. The van der Waals surface area contributed by atoms with Crippen molar-refractivity contribution in [1.29, 1.82) is 0 Å². The van der Waals surface area contributed by atoms with E-state index in [2.05, 4.69) is 15.9 Å². The molecule has 0 aliphatic heterocycles. The van der Waals surface area contributed by atoms with Gasteiger partial charge in [-0.3, -0.25) is 0 Å². The Balaban J connectivity index is 2.13. The fraction of sp³-hybridized carbons (Fsp3) is 0.0714. The molecule has 2 aromatic carbocycles. The molecule has 2 rings (SSSR count). The van der Waals surface area contributed by atoms with Crippen LogP contribution in [0.4, 0.5) is 8.78 Å². The van der Waals surface area contributed by atoms with Crippen LogP contribution in [0.1, 0.15) is 15.9 Å². The highest BCUT2D eigenvalue weighted by molar-refractivity contribution is 9.10. The van der Waals surface area contributed by atoms with E-state index in [1.165, 1.54) is 36.0 Å². The van der Waals surface area contributed by atoms with E-state index in [4.69, 9.17) is 5.11 Å². The lowest BCUT2D eigenvalue weighted by atomic mass is 10.1. The first-order valence-corrected chi connectivity index (χ1v) is 7.35. The summed E-state index contributed by atoms with van der Waals surface area (Å²) in [6.07, 6.45) is 0. The van der Waals surface area contributed by atoms with Gasteiger partial charge in [0.05, 0.1) is 5.56 Å². The van der Waals surface area contributed by atoms with E-state index in [9.17, 15) is 13.6 Å². The topological polar surface area (TPSA) is 37.3 Å². The predicted octanol–water partition coefficient (Wildman–Crippen LogP) is 4.72. The number of benzene rings is 2. The van der Waals surface area contributed by atoms with Crippen molar-refractivity contribution in [3.8, 4) is 0 Å². The van der Waals surface area contributed by atoms with Crippen LogP contribution in [0.25, 0.3) is 0 Å². The molecule has 0 fully saturated rings. The molecule has 0 bridgehead atoms. The summed E-state index contributed by atoms with van der Waals surface area (Å²) in [5, 5.41) is 8.86. The van der Waals surface area contributed by atoms with Gasteiger partial charge in [-0.25, -0.2) is 13.6 Å². The van der Waals surface area contributed by atoms with Crippen LogP contribution < -0.4 is 0 Å². The number of hydrogen-bond acceptors (Lipinski definition) is 2. The van der Waals surface area contributed by atoms with Gasteiger partial charge in [-0.05, 0) is 29.8 Å². The van der Waals surface area contributed by atoms with E-state index in [-0.39, 0.29) is 5.56 Å². The van der Waals surface area contributed by atoms with E-state index in [1.54, 1.807) is 6.07 Å². The molecule has 0 saturated heterocycles. The number of halogens is 3. The third-order valence-corrected chi connectivity index (χ3v) is 4.41. The molecule has 104 valence electrons.